The van der Waals surface area contributed by atoms with Crippen molar-refractivity contribution in [2.45, 2.75) is 13.8 Å². The monoisotopic (exact) mass is 498 g/mol. The lowest BCUT2D eigenvalue weighted by atomic mass is 10.0. The van der Waals surface area contributed by atoms with Gasteiger partial charge in [0.15, 0.2) is 0 Å². The number of nitrogens with zero attached hydrogens (tertiary/aromatic N) is 4. The van der Waals surface area contributed by atoms with Crippen molar-refractivity contribution in [1.82, 2.24) is 19.9 Å². The second-order valence-electron chi connectivity index (χ2n) is 8.52. The van der Waals surface area contributed by atoms with Crippen molar-refractivity contribution in [1.29, 1.82) is 0 Å². The zero-order valence-corrected chi connectivity index (χ0v) is 21.2. The van der Waals surface area contributed by atoms with Crippen molar-refractivity contribution in [3.8, 4) is 22.5 Å². The lowest BCUT2D eigenvalue weighted by Gasteiger charge is -2.09. The molecule has 0 fully saturated rings. The van der Waals surface area contributed by atoms with Gasteiger partial charge in [-0.05, 0) is 42.5 Å². The van der Waals surface area contributed by atoms with Gasteiger partial charge >= 0.3 is 0 Å². The lowest BCUT2D eigenvalue weighted by Crippen LogP contribution is -1.91. The molecule has 5 heteroatoms. The van der Waals surface area contributed by atoms with Gasteiger partial charge in [-0.1, -0.05) is 74.0 Å². The number of pyridine rings is 4. The number of aromatic nitrogens is 4. The molecule has 0 amide bonds. The molecule has 0 unspecified atom stereocenters. The van der Waals surface area contributed by atoms with Gasteiger partial charge in [-0.3, -0.25) is 9.97 Å². The summed E-state index contributed by atoms with van der Waals surface area (Å²) in [5.74, 6) is 0. The van der Waals surface area contributed by atoms with Crippen LogP contribution in [0.2, 0.25) is 5.02 Å². The van der Waals surface area contributed by atoms with Crippen molar-refractivity contribution in [3.05, 3.63) is 108 Å². The summed E-state index contributed by atoms with van der Waals surface area (Å²) < 4.78 is 0. The predicted molar refractivity (Wildman–Crippen MR) is 155 cm³/mol. The van der Waals surface area contributed by atoms with Gasteiger partial charge in [-0.15, -0.1) is 0 Å². The zero-order valence-electron chi connectivity index (χ0n) is 20.5. The van der Waals surface area contributed by atoms with E-state index in [1.54, 1.807) is 6.20 Å². The highest BCUT2D eigenvalue weighted by Gasteiger charge is 2.11. The van der Waals surface area contributed by atoms with Gasteiger partial charge < -0.3 is 0 Å². The van der Waals surface area contributed by atoms with Crippen LogP contribution in [0.15, 0.2) is 103 Å². The van der Waals surface area contributed by atoms with Gasteiger partial charge in [0.05, 0.1) is 38.5 Å². The Balaban J connectivity index is 0.00000123. The summed E-state index contributed by atoms with van der Waals surface area (Å²) >= 11 is 6.48. The number of hydrogen-bond acceptors (Lipinski definition) is 4. The number of hydrogen-bond donors (Lipinski definition) is 0. The maximum Gasteiger partial charge on any atom is 0.0979 e. The van der Waals surface area contributed by atoms with E-state index in [0.29, 0.717) is 5.02 Å². The summed E-state index contributed by atoms with van der Waals surface area (Å²) in [6.07, 6.45) is 3.59. The summed E-state index contributed by atoms with van der Waals surface area (Å²) in [5.41, 5.74) is 7.29. The summed E-state index contributed by atoms with van der Waals surface area (Å²) in [6, 6.07) is 30.6. The number of fused-ring (bicyclic) bond motifs is 6. The fourth-order valence-corrected chi connectivity index (χ4v) is 4.93. The molecular formula is C32H23ClN4. The summed E-state index contributed by atoms with van der Waals surface area (Å²) in [4.78, 5) is 19.1. The average molecular weight is 499 g/mol. The van der Waals surface area contributed by atoms with Crippen molar-refractivity contribution in [3.63, 3.8) is 0 Å². The van der Waals surface area contributed by atoms with E-state index in [1.807, 2.05) is 56.4 Å². The van der Waals surface area contributed by atoms with Crippen molar-refractivity contribution >= 4 is 55.2 Å². The minimum absolute atomic E-state index is 0.682. The second kappa shape index (κ2) is 9.57. The predicted octanol–water partition coefficient (Wildman–Crippen LogP) is 8.89. The third kappa shape index (κ3) is 4.05. The van der Waals surface area contributed by atoms with Crippen LogP contribution in [0, 0.1) is 0 Å². The molecular weight excluding hydrogens is 476 g/mol. The van der Waals surface area contributed by atoms with Crippen LogP contribution in [-0.4, -0.2) is 19.9 Å². The molecule has 0 atom stereocenters. The van der Waals surface area contributed by atoms with Crippen LogP contribution in [0.3, 0.4) is 0 Å². The molecule has 4 nitrogen and oxygen atoms in total. The maximum absolute atomic E-state index is 6.48. The van der Waals surface area contributed by atoms with Gasteiger partial charge in [-0.2, -0.15) is 0 Å². The van der Waals surface area contributed by atoms with E-state index in [1.165, 1.54) is 0 Å². The molecule has 0 radical (unpaired) electrons. The molecule has 0 N–H and O–H groups in total. The number of rotatable bonds is 2. The van der Waals surface area contributed by atoms with Gasteiger partial charge in [0.2, 0.25) is 0 Å². The Morgan fingerprint density at radius 1 is 0.514 bits per heavy atom. The Morgan fingerprint density at radius 3 is 1.81 bits per heavy atom. The third-order valence-electron chi connectivity index (χ3n) is 6.38. The first kappa shape index (κ1) is 23.0. The van der Waals surface area contributed by atoms with Crippen LogP contribution < -0.4 is 0 Å². The molecule has 0 saturated carbocycles. The summed E-state index contributed by atoms with van der Waals surface area (Å²) in [6.45, 7) is 4.00. The van der Waals surface area contributed by atoms with Crippen molar-refractivity contribution < 1.29 is 0 Å². The maximum atomic E-state index is 6.48. The molecule has 4 aromatic heterocycles. The molecule has 178 valence electrons. The summed E-state index contributed by atoms with van der Waals surface area (Å²) in [5, 5.41) is 4.71. The standard InChI is InChI=1S/C30H17ClN4.C2H6/c31-24-17-22-11-13-26(35-29(22)30-23(24)7-3-15-33-30)21-5-1-4-20(16-21)25-12-10-19-9-8-18-6-2-14-32-27(18)28(19)34-25;1-2/h1-17H;1-2H3. The Morgan fingerprint density at radius 2 is 1.08 bits per heavy atom. The molecule has 7 rings (SSSR count). The first-order chi connectivity index (χ1) is 18.2. The van der Waals surface area contributed by atoms with Gasteiger partial charge in [0.25, 0.3) is 0 Å². The van der Waals surface area contributed by atoms with E-state index in [9.17, 15) is 0 Å². The molecule has 0 saturated heterocycles. The zero-order chi connectivity index (χ0) is 25.4. The second-order valence-corrected chi connectivity index (χ2v) is 8.92. The first-order valence-electron chi connectivity index (χ1n) is 12.3. The van der Waals surface area contributed by atoms with Crippen LogP contribution in [0.25, 0.3) is 66.1 Å². The molecule has 0 spiro atoms. The van der Waals surface area contributed by atoms with E-state index < -0.39 is 0 Å². The number of halogens is 1. The molecule has 4 heterocycles. The van der Waals surface area contributed by atoms with Crippen molar-refractivity contribution in [2.75, 3.05) is 0 Å². The fourth-order valence-electron chi connectivity index (χ4n) is 4.66. The molecule has 37 heavy (non-hydrogen) atoms. The van der Waals surface area contributed by atoms with Gasteiger partial charge in [0.1, 0.15) is 0 Å². The minimum Gasteiger partial charge on any atom is -0.254 e. The SMILES string of the molecule is CC.Clc1cc2ccc(-c3cccc(-c4ccc5ccc6cccnc6c5n4)c3)nc2c2ncccc12. The van der Waals surface area contributed by atoms with Crippen LogP contribution in [-0.2, 0) is 0 Å². The van der Waals surface area contributed by atoms with Crippen LogP contribution in [0.4, 0.5) is 0 Å². The van der Waals surface area contributed by atoms with E-state index >= 15 is 0 Å². The Kier molecular flexibility index (Phi) is 5.95. The molecule has 0 aliphatic carbocycles. The molecule has 7 aromatic rings. The minimum atomic E-state index is 0.682. The number of benzene rings is 3. The van der Waals surface area contributed by atoms with Crippen molar-refractivity contribution in [2.24, 2.45) is 0 Å². The molecule has 0 bridgehead atoms. The van der Waals surface area contributed by atoms with E-state index in [2.05, 4.69) is 64.6 Å². The molecule has 0 aliphatic heterocycles. The van der Waals surface area contributed by atoms with Gasteiger partial charge in [0, 0.05) is 45.1 Å². The van der Waals surface area contributed by atoms with Crippen LogP contribution in [0.5, 0.6) is 0 Å². The quantitative estimate of drug-likeness (QED) is 0.223. The Bertz CT molecular complexity index is 1930. The van der Waals surface area contributed by atoms with Gasteiger partial charge in [-0.25, -0.2) is 9.97 Å². The first-order valence-corrected chi connectivity index (χ1v) is 12.7. The summed E-state index contributed by atoms with van der Waals surface area (Å²) in [7, 11) is 0. The third-order valence-corrected chi connectivity index (χ3v) is 6.70. The molecule has 0 aliphatic rings. The normalized spacial score (nSPS) is 11.1. The lowest BCUT2D eigenvalue weighted by molar-refractivity contribution is 1.36. The highest BCUT2D eigenvalue weighted by molar-refractivity contribution is 6.37. The average Bonchev–Trinajstić information content (AvgIpc) is 2.98. The Labute approximate surface area is 219 Å². The fraction of sp³-hybridized carbons (Fsp3) is 0.0625. The van der Waals surface area contributed by atoms with E-state index in [4.69, 9.17) is 21.6 Å². The van der Waals surface area contributed by atoms with Crippen LogP contribution in [0.1, 0.15) is 13.8 Å². The van der Waals surface area contributed by atoms with E-state index in [-0.39, 0.29) is 0 Å². The van der Waals surface area contributed by atoms with E-state index in [0.717, 1.165) is 66.1 Å². The Hall–Kier alpha value is -4.41. The largest absolute Gasteiger partial charge is 0.254 e. The van der Waals surface area contributed by atoms with Crippen LogP contribution >= 0.6 is 11.6 Å². The highest BCUT2D eigenvalue weighted by atomic mass is 35.5. The highest BCUT2D eigenvalue weighted by Crippen LogP contribution is 2.32. The topological polar surface area (TPSA) is 51.6 Å². The molecule has 3 aromatic carbocycles. The smallest absolute Gasteiger partial charge is 0.0979 e.